The van der Waals surface area contributed by atoms with Crippen molar-refractivity contribution in [1.82, 2.24) is 4.90 Å². The van der Waals surface area contributed by atoms with Gasteiger partial charge in [0.25, 0.3) is 0 Å². The summed E-state index contributed by atoms with van der Waals surface area (Å²) in [5, 5.41) is 3.31. The number of amides is 2. The smallest absolute Gasteiger partial charge is 0.250 e. The largest absolute Gasteiger partial charge is 0.372 e. The number of nitrogens with one attached hydrogen (secondary N) is 1. The number of carbonyl (C=O) groups excluding carboxylic acids is 2. The Morgan fingerprint density at radius 1 is 1.17 bits per heavy atom. The molecule has 126 valence electrons. The van der Waals surface area contributed by atoms with Crippen LogP contribution in [-0.2, 0) is 9.59 Å². The van der Waals surface area contributed by atoms with Crippen LogP contribution in [0.15, 0.2) is 12.1 Å². The van der Waals surface area contributed by atoms with Gasteiger partial charge in [0.1, 0.15) is 12.6 Å². The molecule has 0 fully saturated rings. The fourth-order valence-electron chi connectivity index (χ4n) is 2.95. The van der Waals surface area contributed by atoms with E-state index in [-0.39, 0.29) is 24.4 Å². The molecule has 0 radical (unpaired) electrons. The highest BCUT2D eigenvalue weighted by Crippen LogP contribution is 2.34. The third kappa shape index (κ3) is 3.33. The first-order chi connectivity index (χ1) is 10.9. The van der Waals surface area contributed by atoms with Gasteiger partial charge in [-0.2, -0.15) is 0 Å². The van der Waals surface area contributed by atoms with Gasteiger partial charge in [-0.25, -0.2) is 0 Å². The molecule has 1 aliphatic heterocycles. The van der Waals surface area contributed by atoms with Gasteiger partial charge in [-0.1, -0.05) is 6.92 Å². The zero-order valence-electron chi connectivity index (χ0n) is 14.8. The molecule has 1 N–H and O–H groups in total. The number of anilines is 2. The molecule has 2 amide bonds. The quantitative estimate of drug-likeness (QED) is 0.908. The van der Waals surface area contributed by atoms with Crippen LogP contribution in [0.25, 0.3) is 0 Å². The lowest BCUT2D eigenvalue weighted by atomic mass is 10.0. The molecule has 5 heteroatoms. The Kier molecular flexibility index (Phi) is 5.29. The monoisotopic (exact) mass is 317 g/mol. The van der Waals surface area contributed by atoms with Crippen molar-refractivity contribution >= 4 is 23.2 Å². The maximum absolute atomic E-state index is 12.7. The maximum atomic E-state index is 12.7. The van der Waals surface area contributed by atoms with E-state index in [2.05, 4.69) is 18.3 Å². The molecule has 0 aromatic heterocycles. The van der Waals surface area contributed by atoms with Crippen LogP contribution >= 0.6 is 0 Å². The molecule has 1 heterocycles. The van der Waals surface area contributed by atoms with Gasteiger partial charge in [0.2, 0.25) is 11.8 Å². The van der Waals surface area contributed by atoms with Crippen LogP contribution in [0, 0.1) is 13.8 Å². The van der Waals surface area contributed by atoms with E-state index < -0.39 is 0 Å². The van der Waals surface area contributed by atoms with E-state index in [1.165, 1.54) is 5.56 Å². The van der Waals surface area contributed by atoms with Crippen molar-refractivity contribution in [3.8, 4) is 0 Å². The second-order valence-electron chi connectivity index (χ2n) is 6.05. The van der Waals surface area contributed by atoms with Gasteiger partial charge in [0.05, 0.1) is 11.4 Å². The van der Waals surface area contributed by atoms with E-state index in [0.717, 1.165) is 16.9 Å². The highest BCUT2D eigenvalue weighted by atomic mass is 16.2. The first-order valence-corrected chi connectivity index (χ1v) is 8.39. The summed E-state index contributed by atoms with van der Waals surface area (Å²) >= 11 is 0. The number of hydrogen-bond donors (Lipinski definition) is 1. The molecule has 1 aliphatic rings. The van der Waals surface area contributed by atoms with E-state index in [4.69, 9.17) is 0 Å². The molecule has 1 atom stereocenters. The summed E-state index contributed by atoms with van der Waals surface area (Å²) in [6.45, 7) is 11.4. The minimum atomic E-state index is -0.269. The van der Waals surface area contributed by atoms with Crippen LogP contribution in [0.1, 0.15) is 38.3 Å². The first kappa shape index (κ1) is 17.3. The normalized spacial score (nSPS) is 16.8. The van der Waals surface area contributed by atoms with Crippen molar-refractivity contribution in [1.29, 1.82) is 0 Å². The van der Waals surface area contributed by atoms with Crippen LogP contribution in [0.2, 0.25) is 0 Å². The first-order valence-electron chi connectivity index (χ1n) is 8.39. The topological polar surface area (TPSA) is 52.7 Å². The molecule has 1 unspecified atom stereocenters. The Labute approximate surface area is 138 Å². The fraction of sp³-hybridized carbons (Fsp3) is 0.556. The van der Waals surface area contributed by atoms with Crippen molar-refractivity contribution < 1.29 is 9.59 Å². The van der Waals surface area contributed by atoms with Crippen LogP contribution in [0.3, 0.4) is 0 Å². The number of fused-ring (bicyclic) bond motifs is 1. The van der Waals surface area contributed by atoms with E-state index in [0.29, 0.717) is 19.5 Å². The van der Waals surface area contributed by atoms with Gasteiger partial charge in [0.15, 0.2) is 0 Å². The second-order valence-corrected chi connectivity index (χ2v) is 6.05. The number of likely N-dealkylation sites (N-methyl/N-ethyl adjacent to an activating group) is 1. The summed E-state index contributed by atoms with van der Waals surface area (Å²) in [7, 11) is 0. The highest BCUT2D eigenvalue weighted by Gasteiger charge is 2.33. The SMILES string of the molecule is CCC1Nc2cc(C)c(C)cc2N(CC(=O)N(CC)CC)C1=O. The van der Waals surface area contributed by atoms with E-state index in [1.54, 1.807) is 9.80 Å². The van der Waals surface area contributed by atoms with E-state index in [9.17, 15) is 9.59 Å². The van der Waals surface area contributed by atoms with Gasteiger partial charge in [-0.3, -0.25) is 14.5 Å². The molecule has 0 spiro atoms. The van der Waals surface area contributed by atoms with Crippen molar-refractivity contribution in [3.63, 3.8) is 0 Å². The zero-order chi connectivity index (χ0) is 17.1. The Morgan fingerprint density at radius 3 is 2.35 bits per heavy atom. The summed E-state index contributed by atoms with van der Waals surface area (Å²) < 4.78 is 0. The Morgan fingerprint density at radius 2 is 1.78 bits per heavy atom. The predicted octanol–water partition coefficient (Wildman–Crippen LogP) is 2.71. The van der Waals surface area contributed by atoms with Crippen LogP contribution in [-0.4, -0.2) is 42.4 Å². The van der Waals surface area contributed by atoms with Crippen LogP contribution in [0.5, 0.6) is 0 Å². The van der Waals surface area contributed by atoms with E-state index >= 15 is 0 Å². The number of rotatable bonds is 5. The maximum Gasteiger partial charge on any atom is 0.250 e. The number of hydrogen-bond acceptors (Lipinski definition) is 3. The van der Waals surface area contributed by atoms with Gasteiger partial charge in [-0.05, 0) is 57.4 Å². The zero-order valence-corrected chi connectivity index (χ0v) is 14.8. The number of carbonyl (C=O) groups is 2. The van der Waals surface area contributed by atoms with Gasteiger partial charge < -0.3 is 10.2 Å². The fourth-order valence-corrected chi connectivity index (χ4v) is 2.95. The third-order valence-corrected chi connectivity index (χ3v) is 4.61. The standard InChI is InChI=1S/C18H27N3O2/c1-6-14-18(23)21(11-17(22)20(7-2)8-3)16-10-13(5)12(4)9-15(16)19-14/h9-10,14,19H,6-8,11H2,1-5H3. The minimum absolute atomic E-state index is 0.00992. The second kappa shape index (κ2) is 7.02. The summed E-state index contributed by atoms with van der Waals surface area (Å²) in [5.41, 5.74) is 4.04. The van der Waals surface area contributed by atoms with Gasteiger partial charge in [-0.15, -0.1) is 0 Å². The lowest BCUT2D eigenvalue weighted by Gasteiger charge is -2.36. The molecule has 0 saturated carbocycles. The Hall–Kier alpha value is -2.04. The molecular weight excluding hydrogens is 290 g/mol. The molecule has 5 nitrogen and oxygen atoms in total. The average molecular weight is 317 g/mol. The summed E-state index contributed by atoms with van der Waals surface area (Å²) in [6, 6.07) is 3.79. The molecule has 1 aromatic rings. The van der Waals surface area contributed by atoms with Crippen molar-refractivity contribution in [2.75, 3.05) is 29.9 Å². The molecule has 0 bridgehead atoms. The lowest BCUT2D eigenvalue weighted by Crippen LogP contribution is -2.51. The van der Waals surface area contributed by atoms with Crippen molar-refractivity contribution in [2.45, 2.75) is 47.1 Å². The summed E-state index contributed by atoms with van der Waals surface area (Å²) in [5.74, 6) is -0.0342. The van der Waals surface area contributed by atoms with E-state index in [1.807, 2.05) is 33.8 Å². The number of nitrogens with zero attached hydrogens (tertiary/aromatic N) is 2. The number of aryl methyl sites for hydroxylation is 2. The van der Waals surface area contributed by atoms with Crippen molar-refractivity contribution in [3.05, 3.63) is 23.3 Å². The third-order valence-electron chi connectivity index (χ3n) is 4.61. The molecule has 23 heavy (non-hydrogen) atoms. The van der Waals surface area contributed by atoms with Gasteiger partial charge >= 0.3 is 0 Å². The van der Waals surface area contributed by atoms with Crippen molar-refractivity contribution in [2.24, 2.45) is 0 Å². The minimum Gasteiger partial charge on any atom is -0.372 e. The Balaban J connectivity index is 2.39. The average Bonchev–Trinajstić information content (AvgIpc) is 2.53. The molecular formula is C18H27N3O2. The summed E-state index contributed by atoms with van der Waals surface area (Å²) in [4.78, 5) is 28.6. The number of benzene rings is 1. The van der Waals surface area contributed by atoms with Crippen LogP contribution < -0.4 is 10.2 Å². The molecule has 0 saturated heterocycles. The molecule has 0 aliphatic carbocycles. The Bertz CT molecular complexity index is 609. The molecule has 1 aromatic carbocycles. The van der Waals surface area contributed by atoms with Gasteiger partial charge in [0, 0.05) is 13.1 Å². The highest BCUT2D eigenvalue weighted by molar-refractivity contribution is 6.08. The summed E-state index contributed by atoms with van der Waals surface area (Å²) in [6.07, 6.45) is 0.696. The predicted molar refractivity (Wildman–Crippen MR) is 93.9 cm³/mol. The molecule has 2 rings (SSSR count). The lowest BCUT2D eigenvalue weighted by molar-refractivity contribution is -0.131. The van der Waals surface area contributed by atoms with Crippen LogP contribution in [0.4, 0.5) is 11.4 Å².